The van der Waals surface area contributed by atoms with Gasteiger partial charge in [-0.3, -0.25) is 4.98 Å². The number of thiophene rings is 1. The van der Waals surface area contributed by atoms with E-state index in [1.54, 1.807) is 11.3 Å². The molecule has 0 spiro atoms. The lowest BCUT2D eigenvalue weighted by atomic mass is 10.0. The number of nitrogens with zero attached hydrogens (tertiary/aromatic N) is 1. The Kier molecular flexibility index (Phi) is 5.75. The fraction of sp³-hybridized carbons (Fsp3) is 0.250. The summed E-state index contributed by atoms with van der Waals surface area (Å²) in [6.07, 6.45) is 3.95. The van der Waals surface area contributed by atoms with Gasteiger partial charge in [0.1, 0.15) is 0 Å². The number of benzene rings is 1. The predicted molar refractivity (Wildman–Crippen MR) is 99.9 cm³/mol. The first-order valence-electron chi connectivity index (χ1n) is 8.16. The van der Waals surface area contributed by atoms with Gasteiger partial charge in [0, 0.05) is 29.9 Å². The molecular formula is C20H22N2OS. The van der Waals surface area contributed by atoms with Crippen LogP contribution in [0.2, 0.25) is 0 Å². The number of aliphatic hydroxyl groups excluding tert-OH is 1. The van der Waals surface area contributed by atoms with Gasteiger partial charge < -0.3 is 10.4 Å². The zero-order valence-corrected chi connectivity index (χ0v) is 14.5. The molecular weight excluding hydrogens is 316 g/mol. The number of aliphatic hydroxyl groups is 1. The summed E-state index contributed by atoms with van der Waals surface area (Å²) >= 11 is 1.60. The van der Waals surface area contributed by atoms with Crippen LogP contribution in [0.3, 0.4) is 0 Å². The molecule has 4 heteroatoms. The largest absolute Gasteiger partial charge is 0.388 e. The molecule has 3 rings (SSSR count). The average Bonchev–Trinajstić information content (AvgIpc) is 3.16. The van der Waals surface area contributed by atoms with Gasteiger partial charge in [-0.05, 0) is 59.7 Å². The Morgan fingerprint density at radius 2 is 1.92 bits per heavy atom. The van der Waals surface area contributed by atoms with Gasteiger partial charge in [-0.25, -0.2) is 0 Å². The first-order valence-corrected chi connectivity index (χ1v) is 9.04. The van der Waals surface area contributed by atoms with E-state index in [0.717, 1.165) is 11.4 Å². The summed E-state index contributed by atoms with van der Waals surface area (Å²) in [5, 5.41) is 15.7. The van der Waals surface area contributed by atoms with Gasteiger partial charge in [0.05, 0.1) is 6.10 Å². The third-order valence-electron chi connectivity index (χ3n) is 4.04. The van der Waals surface area contributed by atoms with Crippen molar-refractivity contribution < 1.29 is 5.11 Å². The fourth-order valence-corrected chi connectivity index (χ4v) is 3.44. The van der Waals surface area contributed by atoms with Crippen molar-refractivity contribution >= 4 is 11.3 Å². The average molecular weight is 338 g/mol. The van der Waals surface area contributed by atoms with E-state index in [-0.39, 0.29) is 6.04 Å². The minimum atomic E-state index is -0.393. The summed E-state index contributed by atoms with van der Waals surface area (Å²) in [5.74, 6) is 0. The van der Waals surface area contributed by atoms with E-state index < -0.39 is 6.10 Å². The molecule has 0 aliphatic heterocycles. The van der Waals surface area contributed by atoms with Gasteiger partial charge in [-0.1, -0.05) is 24.3 Å². The molecule has 0 radical (unpaired) electrons. The van der Waals surface area contributed by atoms with Crippen molar-refractivity contribution in [3.8, 4) is 11.1 Å². The fourth-order valence-electron chi connectivity index (χ4n) is 2.71. The second-order valence-electron chi connectivity index (χ2n) is 5.99. The van der Waals surface area contributed by atoms with Gasteiger partial charge in [-0.2, -0.15) is 0 Å². The summed E-state index contributed by atoms with van der Waals surface area (Å²) in [7, 11) is 0. The van der Waals surface area contributed by atoms with Crippen molar-refractivity contribution in [3.63, 3.8) is 0 Å². The van der Waals surface area contributed by atoms with E-state index in [0.29, 0.717) is 6.42 Å². The highest BCUT2D eigenvalue weighted by molar-refractivity contribution is 7.10. The van der Waals surface area contributed by atoms with Crippen molar-refractivity contribution in [3.05, 3.63) is 76.7 Å². The Balaban J connectivity index is 1.56. The first-order chi connectivity index (χ1) is 11.7. The minimum Gasteiger partial charge on any atom is -0.388 e. The summed E-state index contributed by atoms with van der Waals surface area (Å²) in [6.45, 7) is 2.90. The van der Waals surface area contributed by atoms with E-state index in [4.69, 9.17) is 0 Å². The van der Waals surface area contributed by atoms with Gasteiger partial charge in [0.15, 0.2) is 0 Å². The first kappa shape index (κ1) is 16.8. The Bertz CT molecular complexity index is 743. The van der Waals surface area contributed by atoms with Crippen LogP contribution in [0.1, 0.15) is 29.9 Å². The van der Waals surface area contributed by atoms with Gasteiger partial charge in [0.2, 0.25) is 0 Å². The van der Waals surface area contributed by atoms with Crippen LogP contribution in [-0.4, -0.2) is 16.1 Å². The molecule has 3 nitrogen and oxygen atoms in total. The monoisotopic (exact) mass is 338 g/mol. The van der Waals surface area contributed by atoms with E-state index >= 15 is 0 Å². The molecule has 24 heavy (non-hydrogen) atoms. The number of rotatable bonds is 7. The van der Waals surface area contributed by atoms with E-state index in [1.165, 1.54) is 16.7 Å². The summed E-state index contributed by atoms with van der Waals surface area (Å²) < 4.78 is 0. The van der Waals surface area contributed by atoms with Crippen LogP contribution in [0.5, 0.6) is 0 Å². The second kappa shape index (κ2) is 8.20. The van der Waals surface area contributed by atoms with Crippen molar-refractivity contribution in [2.75, 3.05) is 0 Å². The summed E-state index contributed by atoms with van der Waals surface area (Å²) in [6, 6.07) is 16.8. The lowest BCUT2D eigenvalue weighted by Crippen LogP contribution is -2.27. The molecule has 0 amide bonds. The van der Waals surface area contributed by atoms with Crippen molar-refractivity contribution in [2.45, 2.75) is 32.0 Å². The Labute approximate surface area is 147 Å². The Morgan fingerprint density at radius 3 is 2.67 bits per heavy atom. The van der Waals surface area contributed by atoms with Gasteiger partial charge in [0.25, 0.3) is 0 Å². The smallest absolute Gasteiger partial charge is 0.0896 e. The molecule has 0 aliphatic carbocycles. The molecule has 0 bridgehead atoms. The maximum Gasteiger partial charge on any atom is 0.0896 e. The molecule has 0 saturated carbocycles. The Hall–Kier alpha value is -2.01. The second-order valence-corrected chi connectivity index (χ2v) is 6.96. The lowest BCUT2D eigenvalue weighted by molar-refractivity contribution is 0.157. The molecule has 2 aromatic heterocycles. The van der Waals surface area contributed by atoms with Crippen LogP contribution in [0.25, 0.3) is 11.1 Å². The quantitative estimate of drug-likeness (QED) is 0.670. The zero-order valence-electron chi connectivity index (χ0n) is 13.7. The number of aromatic nitrogens is 1. The third-order valence-corrected chi connectivity index (χ3v) is 5.02. The maximum atomic E-state index is 10.2. The lowest BCUT2D eigenvalue weighted by Gasteiger charge is -2.17. The molecule has 2 unspecified atom stereocenters. The van der Waals surface area contributed by atoms with Crippen LogP contribution in [0.15, 0.2) is 66.3 Å². The molecule has 2 heterocycles. The summed E-state index contributed by atoms with van der Waals surface area (Å²) in [5.41, 5.74) is 3.61. The van der Waals surface area contributed by atoms with Crippen LogP contribution in [0, 0.1) is 0 Å². The highest BCUT2D eigenvalue weighted by atomic mass is 32.1. The standard InChI is InChI=1S/C20H22N2OS/c1-15(12-19(23)20-6-3-11-24-20)22-14-16-4-2-5-18(13-16)17-7-9-21-10-8-17/h2-11,13,15,19,22-23H,12,14H2,1H3. The Morgan fingerprint density at radius 1 is 1.08 bits per heavy atom. The van der Waals surface area contributed by atoms with E-state index in [1.807, 2.05) is 42.0 Å². The third kappa shape index (κ3) is 4.51. The minimum absolute atomic E-state index is 0.242. The molecule has 0 aliphatic rings. The molecule has 124 valence electrons. The van der Waals surface area contributed by atoms with Crippen molar-refractivity contribution in [1.29, 1.82) is 0 Å². The molecule has 0 fully saturated rings. The molecule has 0 saturated heterocycles. The predicted octanol–water partition coefficient (Wildman–Crippen LogP) is 4.41. The molecule has 2 atom stereocenters. The van der Waals surface area contributed by atoms with Crippen molar-refractivity contribution in [2.24, 2.45) is 0 Å². The normalized spacial score (nSPS) is 13.6. The maximum absolute atomic E-state index is 10.2. The van der Waals surface area contributed by atoms with E-state index in [2.05, 4.69) is 41.5 Å². The van der Waals surface area contributed by atoms with Crippen LogP contribution in [0.4, 0.5) is 0 Å². The number of nitrogens with one attached hydrogen (secondary N) is 1. The SMILES string of the molecule is CC(CC(O)c1cccs1)NCc1cccc(-c2ccncc2)c1. The zero-order chi connectivity index (χ0) is 16.8. The molecule has 2 N–H and O–H groups in total. The highest BCUT2D eigenvalue weighted by Gasteiger charge is 2.13. The van der Waals surface area contributed by atoms with E-state index in [9.17, 15) is 5.11 Å². The molecule has 3 aromatic rings. The van der Waals surface area contributed by atoms with Crippen LogP contribution in [-0.2, 0) is 6.54 Å². The van der Waals surface area contributed by atoms with Gasteiger partial charge in [-0.15, -0.1) is 11.3 Å². The molecule has 1 aromatic carbocycles. The number of pyridine rings is 1. The number of hydrogen-bond acceptors (Lipinski definition) is 4. The number of hydrogen-bond donors (Lipinski definition) is 2. The topological polar surface area (TPSA) is 45.1 Å². The van der Waals surface area contributed by atoms with Crippen LogP contribution >= 0.6 is 11.3 Å². The summed E-state index contributed by atoms with van der Waals surface area (Å²) in [4.78, 5) is 5.10. The van der Waals surface area contributed by atoms with Crippen LogP contribution < -0.4 is 5.32 Å². The van der Waals surface area contributed by atoms with Gasteiger partial charge >= 0.3 is 0 Å². The highest BCUT2D eigenvalue weighted by Crippen LogP contribution is 2.23. The van der Waals surface area contributed by atoms with Crippen molar-refractivity contribution in [1.82, 2.24) is 10.3 Å².